The van der Waals surface area contributed by atoms with Crippen LogP contribution in [0, 0.1) is 5.82 Å². The van der Waals surface area contributed by atoms with Crippen LogP contribution in [-0.2, 0) is 0 Å². The average molecular weight is 320 g/mol. The monoisotopic (exact) mass is 319 g/mol. The van der Waals surface area contributed by atoms with Crippen LogP contribution in [0.4, 0.5) is 4.39 Å². The molecule has 1 aromatic rings. The van der Waals surface area contributed by atoms with Gasteiger partial charge in [0, 0.05) is 10.5 Å². The predicted molar refractivity (Wildman–Crippen MR) is 74.0 cm³/mol. The Kier molecular flexibility index (Phi) is 5.98. The van der Waals surface area contributed by atoms with Crippen LogP contribution in [0.25, 0.3) is 0 Å². The second-order valence-electron chi connectivity index (χ2n) is 3.78. The zero-order valence-electron chi connectivity index (χ0n) is 9.80. The highest BCUT2D eigenvalue weighted by Gasteiger charge is 2.13. The first-order valence-corrected chi connectivity index (χ1v) is 7.48. The van der Waals surface area contributed by atoms with E-state index in [0.717, 1.165) is 12.2 Å². The molecule has 0 saturated heterocycles. The smallest absolute Gasteiger partial charge is 0.252 e. The minimum absolute atomic E-state index is 0.0881. The first kappa shape index (κ1) is 14.5. The maximum Gasteiger partial charge on any atom is 0.252 e. The molecule has 1 N–H and O–H groups in total. The zero-order chi connectivity index (χ0) is 12.8. The van der Waals surface area contributed by atoms with Crippen LogP contribution >= 0.6 is 27.7 Å². The number of hydrogen-bond donors (Lipinski definition) is 1. The normalized spacial score (nSPS) is 12.2. The van der Waals surface area contributed by atoms with Crippen molar-refractivity contribution < 1.29 is 9.18 Å². The standard InChI is InChI=1S/C12H15BrFNOS/c1-8(5-6-17-2)15-12(16)10-7-9(14)3-4-11(10)13/h3-4,7-8H,5-6H2,1-2H3,(H,15,16). The summed E-state index contributed by atoms with van der Waals surface area (Å²) in [7, 11) is 0. The molecule has 0 bridgehead atoms. The molecular formula is C12H15BrFNOS. The van der Waals surface area contributed by atoms with Crippen molar-refractivity contribution in [3.63, 3.8) is 0 Å². The summed E-state index contributed by atoms with van der Waals surface area (Å²) in [4.78, 5) is 11.9. The van der Waals surface area contributed by atoms with Crippen molar-refractivity contribution >= 4 is 33.6 Å². The molecule has 0 saturated carbocycles. The van der Waals surface area contributed by atoms with E-state index in [9.17, 15) is 9.18 Å². The van der Waals surface area contributed by atoms with Gasteiger partial charge >= 0.3 is 0 Å². The van der Waals surface area contributed by atoms with Crippen molar-refractivity contribution in [2.45, 2.75) is 19.4 Å². The molecule has 5 heteroatoms. The lowest BCUT2D eigenvalue weighted by molar-refractivity contribution is 0.0938. The van der Waals surface area contributed by atoms with E-state index in [4.69, 9.17) is 0 Å². The van der Waals surface area contributed by atoms with E-state index in [0.29, 0.717) is 10.0 Å². The van der Waals surface area contributed by atoms with Crippen LogP contribution in [0.2, 0.25) is 0 Å². The highest BCUT2D eigenvalue weighted by molar-refractivity contribution is 9.10. The van der Waals surface area contributed by atoms with Gasteiger partial charge in [0.1, 0.15) is 5.82 Å². The van der Waals surface area contributed by atoms with Gasteiger partial charge in [-0.25, -0.2) is 4.39 Å². The Labute approximate surface area is 113 Å². The fourth-order valence-corrected chi connectivity index (χ4v) is 2.36. The van der Waals surface area contributed by atoms with Crippen molar-refractivity contribution in [2.24, 2.45) is 0 Å². The molecule has 94 valence electrons. The summed E-state index contributed by atoms with van der Waals surface area (Å²) in [5.74, 6) is 0.339. The molecule has 0 spiro atoms. The molecule has 1 amide bonds. The lowest BCUT2D eigenvalue weighted by Crippen LogP contribution is -2.33. The summed E-state index contributed by atoms with van der Waals surface area (Å²) in [6.07, 6.45) is 2.93. The minimum atomic E-state index is -0.407. The van der Waals surface area contributed by atoms with Crippen LogP contribution in [0.5, 0.6) is 0 Å². The van der Waals surface area contributed by atoms with Gasteiger partial charge in [0.15, 0.2) is 0 Å². The lowest BCUT2D eigenvalue weighted by Gasteiger charge is -2.13. The van der Waals surface area contributed by atoms with E-state index < -0.39 is 5.82 Å². The Bertz CT molecular complexity index is 400. The summed E-state index contributed by atoms with van der Waals surface area (Å²) < 4.78 is 13.6. The zero-order valence-corrected chi connectivity index (χ0v) is 12.2. The number of amides is 1. The number of carbonyl (C=O) groups is 1. The number of nitrogens with one attached hydrogen (secondary N) is 1. The van der Waals surface area contributed by atoms with E-state index in [1.807, 2.05) is 13.2 Å². The summed E-state index contributed by atoms with van der Waals surface area (Å²) in [5.41, 5.74) is 0.334. The summed E-state index contributed by atoms with van der Waals surface area (Å²) in [5, 5.41) is 2.85. The largest absolute Gasteiger partial charge is 0.350 e. The number of carbonyl (C=O) groups excluding carboxylic acids is 1. The van der Waals surface area contributed by atoms with Gasteiger partial charge in [-0.05, 0) is 59.5 Å². The number of rotatable bonds is 5. The van der Waals surface area contributed by atoms with Crippen LogP contribution in [0.15, 0.2) is 22.7 Å². The van der Waals surface area contributed by atoms with Crippen LogP contribution in [-0.4, -0.2) is 24.0 Å². The Morgan fingerprint density at radius 2 is 2.29 bits per heavy atom. The van der Waals surface area contributed by atoms with Gasteiger partial charge < -0.3 is 5.32 Å². The third kappa shape index (κ3) is 4.68. The summed E-state index contributed by atoms with van der Waals surface area (Å²) in [6, 6.07) is 4.18. The van der Waals surface area contributed by atoms with E-state index in [1.165, 1.54) is 18.2 Å². The Balaban J connectivity index is 2.66. The fourth-order valence-electron chi connectivity index (χ4n) is 1.34. The third-order valence-electron chi connectivity index (χ3n) is 2.31. The average Bonchev–Trinajstić information content (AvgIpc) is 2.29. The summed E-state index contributed by atoms with van der Waals surface area (Å²) in [6.45, 7) is 1.95. The minimum Gasteiger partial charge on any atom is -0.350 e. The maximum absolute atomic E-state index is 13.0. The van der Waals surface area contributed by atoms with Crippen LogP contribution < -0.4 is 5.32 Å². The molecule has 0 aliphatic heterocycles. The Morgan fingerprint density at radius 1 is 1.59 bits per heavy atom. The van der Waals surface area contributed by atoms with Crippen molar-refractivity contribution in [3.8, 4) is 0 Å². The third-order valence-corrected chi connectivity index (χ3v) is 3.64. The molecule has 1 rings (SSSR count). The molecule has 0 heterocycles. The topological polar surface area (TPSA) is 29.1 Å². The van der Waals surface area contributed by atoms with Gasteiger partial charge in [-0.2, -0.15) is 11.8 Å². The fraction of sp³-hybridized carbons (Fsp3) is 0.417. The highest BCUT2D eigenvalue weighted by atomic mass is 79.9. The molecule has 2 nitrogen and oxygen atoms in total. The molecular weight excluding hydrogens is 305 g/mol. The molecule has 0 radical (unpaired) electrons. The highest BCUT2D eigenvalue weighted by Crippen LogP contribution is 2.18. The first-order valence-electron chi connectivity index (χ1n) is 5.29. The predicted octanol–water partition coefficient (Wildman–Crippen LogP) is 3.46. The second-order valence-corrected chi connectivity index (χ2v) is 5.62. The second kappa shape index (κ2) is 7.01. The van der Waals surface area contributed by atoms with Gasteiger partial charge in [-0.15, -0.1) is 0 Å². The first-order chi connectivity index (χ1) is 8.04. The van der Waals surface area contributed by atoms with Gasteiger partial charge in [0.25, 0.3) is 5.91 Å². The van der Waals surface area contributed by atoms with Crippen molar-refractivity contribution in [3.05, 3.63) is 34.1 Å². The van der Waals surface area contributed by atoms with Gasteiger partial charge in [-0.1, -0.05) is 0 Å². The Hall–Kier alpha value is -0.550. The van der Waals surface area contributed by atoms with Gasteiger partial charge in [0.2, 0.25) is 0 Å². The number of halogens is 2. The molecule has 17 heavy (non-hydrogen) atoms. The molecule has 0 aromatic heterocycles. The van der Waals surface area contributed by atoms with Crippen molar-refractivity contribution in [1.82, 2.24) is 5.32 Å². The molecule has 0 aliphatic rings. The number of hydrogen-bond acceptors (Lipinski definition) is 2. The SMILES string of the molecule is CSCCC(C)NC(=O)c1cc(F)ccc1Br. The van der Waals surface area contributed by atoms with Crippen molar-refractivity contribution in [1.29, 1.82) is 0 Å². The van der Waals surface area contributed by atoms with E-state index in [2.05, 4.69) is 21.2 Å². The van der Waals surface area contributed by atoms with E-state index >= 15 is 0 Å². The van der Waals surface area contributed by atoms with E-state index in [1.54, 1.807) is 11.8 Å². The van der Waals surface area contributed by atoms with Crippen molar-refractivity contribution in [2.75, 3.05) is 12.0 Å². The van der Waals surface area contributed by atoms with Gasteiger partial charge in [0.05, 0.1) is 5.56 Å². The number of thioether (sulfide) groups is 1. The molecule has 0 aliphatic carbocycles. The lowest BCUT2D eigenvalue weighted by atomic mass is 10.2. The molecule has 1 aromatic carbocycles. The summed E-state index contributed by atoms with van der Waals surface area (Å²) >= 11 is 4.98. The van der Waals surface area contributed by atoms with Crippen LogP contribution in [0.3, 0.4) is 0 Å². The molecule has 1 atom stereocenters. The van der Waals surface area contributed by atoms with E-state index in [-0.39, 0.29) is 11.9 Å². The Morgan fingerprint density at radius 3 is 2.94 bits per heavy atom. The molecule has 0 fully saturated rings. The molecule has 1 unspecified atom stereocenters. The number of benzene rings is 1. The maximum atomic E-state index is 13.0. The van der Waals surface area contributed by atoms with Crippen LogP contribution in [0.1, 0.15) is 23.7 Å². The van der Waals surface area contributed by atoms with Gasteiger partial charge in [-0.3, -0.25) is 4.79 Å². The quantitative estimate of drug-likeness (QED) is 0.900.